The van der Waals surface area contributed by atoms with Crippen molar-refractivity contribution in [2.24, 2.45) is 0 Å². The van der Waals surface area contributed by atoms with Gasteiger partial charge >= 0.3 is 0 Å². The van der Waals surface area contributed by atoms with E-state index in [0.717, 1.165) is 0 Å². The fraction of sp³-hybridized carbons (Fsp3) is 0.889. The molecule has 0 saturated heterocycles. The van der Waals surface area contributed by atoms with Crippen molar-refractivity contribution in [2.45, 2.75) is 52.2 Å². The smallest absolute Gasteiger partial charge is 0.295 e. The molecule has 0 fully saturated rings. The number of rotatable bonds is 5. The molecule has 0 aromatic rings. The molecule has 0 aliphatic heterocycles. The van der Waals surface area contributed by atoms with E-state index in [-0.39, 0.29) is 12.1 Å². The standard InChI is InChI=1S/C9H21O3Si2/c1-8(11-13(2)3)7-9(10)12-14(4,5)6/h8H,7H2,1-6H3. The quantitative estimate of drug-likeness (QED) is 0.684. The van der Waals surface area contributed by atoms with E-state index in [2.05, 4.69) is 13.1 Å². The van der Waals surface area contributed by atoms with Gasteiger partial charge in [-0.15, -0.1) is 0 Å². The molecule has 0 rings (SSSR count). The maximum atomic E-state index is 11.4. The molecule has 0 heterocycles. The van der Waals surface area contributed by atoms with E-state index < -0.39 is 17.4 Å². The van der Waals surface area contributed by atoms with Crippen LogP contribution in [0.3, 0.4) is 0 Å². The molecule has 0 aliphatic rings. The van der Waals surface area contributed by atoms with Gasteiger partial charge in [0, 0.05) is 0 Å². The zero-order chi connectivity index (χ0) is 11.4. The molecule has 1 radical (unpaired) electrons. The maximum absolute atomic E-state index is 11.4. The Labute approximate surface area is 89.7 Å². The van der Waals surface area contributed by atoms with E-state index in [0.29, 0.717) is 6.42 Å². The Hall–Kier alpha value is -0.136. The lowest BCUT2D eigenvalue weighted by Gasteiger charge is -2.20. The monoisotopic (exact) mass is 233 g/mol. The van der Waals surface area contributed by atoms with Gasteiger partial charge in [-0.25, -0.2) is 0 Å². The molecule has 5 heteroatoms. The highest BCUT2D eigenvalue weighted by Gasteiger charge is 2.21. The molecule has 0 aromatic heterocycles. The summed E-state index contributed by atoms with van der Waals surface area (Å²) >= 11 is 0. The zero-order valence-corrected chi connectivity index (χ0v) is 12.0. The summed E-state index contributed by atoms with van der Waals surface area (Å²) in [6.07, 6.45) is 0.364. The highest BCUT2D eigenvalue weighted by Crippen LogP contribution is 2.08. The van der Waals surface area contributed by atoms with E-state index in [1.807, 2.05) is 26.6 Å². The van der Waals surface area contributed by atoms with Crippen LogP contribution >= 0.6 is 0 Å². The molecule has 0 spiro atoms. The van der Waals surface area contributed by atoms with Gasteiger partial charge in [0.15, 0.2) is 0 Å². The van der Waals surface area contributed by atoms with Gasteiger partial charge in [0.2, 0.25) is 17.4 Å². The minimum absolute atomic E-state index is 0.0114. The van der Waals surface area contributed by atoms with Gasteiger partial charge < -0.3 is 8.85 Å². The summed E-state index contributed by atoms with van der Waals surface area (Å²) in [4.78, 5) is 11.4. The molecule has 83 valence electrons. The molecule has 1 unspecified atom stereocenters. The van der Waals surface area contributed by atoms with Crippen LogP contribution in [0.1, 0.15) is 13.3 Å². The summed E-state index contributed by atoms with van der Waals surface area (Å²) in [7, 11) is -2.44. The summed E-state index contributed by atoms with van der Waals surface area (Å²) in [5.41, 5.74) is 0. The van der Waals surface area contributed by atoms with E-state index in [1.54, 1.807) is 0 Å². The third-order valence-electron chi connectivity index (χ3n) is 1.31. The lowest BCUT2D eigenvalue weighted by molar-refractivity contribution is -0.136. The summed E-state index contributed by atoms with van der Waals surface area (Å²) in [6, 6.07) is 0. The Morgan fingerprint density at radius 1 is 1.36 bits per heavy atom. The second-order valence-electron chi connectivity index (χ2n) is 4.63. The largest absolute Gasteiger partial charge is 0.520 e. The summed E-state index contributed by atoms with van der Waals surface area (Å²) in [5.74, 6) is -0.125. The van der Waals surface area contributed by atoms with Crippen molar-refractivity contribution < 1.29 is 13.6 Å². The fourth-order valence-corrected chi connectivity index (χ4v) is 2.72. The average molecular weight is 233 g/mol. The van der Waals surface area contributed by atoms with Crippen LogP contribution in [0.4, 0.5) is 0 Å². The summed E-state index contributed by atoms with van der Waals surface area (Å²) in [5, 5.41) is 0. The van der Waals surface area contributed by atoms with Gasteiger partial charge in [0.05, 0.1) is 12.5 Å². The second-order valence-corrected chi connectivity index (χ2v) is 11.1. The Balaban J connectivity index is 3.83. The molecule has 0 bridgehead atoms. The Morgan fingerprint density at radius 2 is 1.86 bits per heavy atom. The zero-order valence-electron chi connectivity index (χ0n) is 10.0. The number of hydrogen-bond acceptors (Lipinski definition) is 3. The number of carbonyl (C=O) groups excluding carboxylic acids is 1. The highest BCUT2D eigenvalue weighted by atomic mass is 28.4. The minimum Gasteiger partial charge on any atom is -0.520 e. The van der Waals surface area contributed by atoms with Gasteiger partial charge in [-0.05, 0) is 39.7 Å². The van der Waals surface area contributed by atoms with E-state index >= 15 is 0 Å². The van der Waals surface area contributed by atoms with Crippen molar-refractivity contribution in [1.82, 2.24) is 0 Å². The van der Waals surface area contributed by atoms with Crippen LogP contribution in [0.25, 0.3) is 0 Å². The minimum atomic E-state index is -1.72. The third-order valence-corrected chi connectivity index (χ3v) is 3.02. The topological polar surface area (TPSA) is 35.5 Å². The van der Waals surface area contributed by atoms with Gasteiger partial charge in [0.1, 0.15) is 0 Å². The molecule has 3 nitrogen and oxygen atoms in total. The van der Waals surface area contributed by atoms with Gasteiger partial charge in [-0.1, -0.05) is 0 Å². The molecule has 14 heavy (non-hydrogen) atoms. The van der Waals surface area contributed by atoms with E-state index in [9.17, 15) is 4.79 Å². The van der Waals surface area contributed by atoms with Crippen molar-refractivity contribution in [1.29, 1.82) is 0 Å². The van der Waals surface area contributed by atoms with Crippen LogP contribution in [-0.2, 0) is 13.6 Å². The number of hydrogen-bond donors (Lipinski definition) is 0. The maximum Gasteiger partial charge on any atom is 0.295 e. The summed E-state index contributed by atoms with van der Waals surface area (Å²) < 4.78 is 10.9. The molecule has 0 N–H and O–H groups in total. The highest BCUT2D eigenvalue weighted by molar-refractivity contribution is 6.71. The van der Waals surface area contributed by atoms with Crippen LogP contribution in [-0.4, -0.2) is 29.4 Å². The lowest BCUT2D eigenvalue weighted by Crippen LogP contribution is -2.31. The van der Waals surface area contributed by atoms with Crippen molar-refractivity contribution in [3.63, 3.8) is 0 Å². The molecule has 0 amide bonds. The molecule has 1 atom stereocenters. The SMILES string of the molecule is CC(CC(=O)O[Si](C)(C)C)O[Si](C)C. The first-order valence-electron chi connectivity index (χ1n) is 4.89. The van der Waals surface area contributed by atoms with Crippen LogP contribution in [0.5, 0.6) is 0 Å². The van der Waals surface area contributed by atoms with E-state index in [4.69, 9.17) is 8.85 Å². The fourth-order valence-electron chi connectivity index (χ4n) is 1.06. The van der Waals surface area contributed by atoms with Gasteiger partial charge in [-0.2, -0.15) is 0 Å². The molecule has 0 saturated carbocycles. The third kappa shape index (κ3) is 8.46. The summed E-state index contributed by atoms with van der Waals surface area (Å²) in [6.45, 7) is 12.1. The van der Waals surface area contributed by atoms with Crippen LogP contribution in [0.2, 0.25) is 32.7 Å². The van der Waals surface area contributed by atoms with Crippen molar-refractivity contribution in [3.05, 3.63) is 0 Å². The first kappa shape index (κ1) is 13.9. The molecular weight excluding hydrogens is 212 g/mol. The Morgan fingerprint density at radius 3 is 2.21 bits per heavy atom. The van der Waals surface area contributed by atoms with Gasteiger partial charge in [0.25, 0.3) is 5.97 Å². The van der Waals surface area contributed by atoms with Crippen LogP contribution in [0.15, 0.2) is 0 Å². The first-order valence-corrected chi connectivity index (χ1v) is 10.7. The van der Waals surface area contributed by atoms with Crippen LogP contribution in [0, 0.1) is 0 Å². The molecule has 0 aromatic carbocycles. The van der Waals surface area contributed by atoms with E-state index in [1.165, 1.54) is 0 Å². The number of carbonyl (C=O) groups is 1. The Kier molecular flexibility index (Phi) is 5.62. The Bertz CT molecular complexity index is 187. The second kappa shape index (κ2) is 5.67. The molecule has 0 aliphatic carbocycles. The normalized spacial score (nSPS) is 14.2. The van der Waals surface area contributed by atoms with Gasteiger partial charge in [-0.3, -0.25) is 4.79 Å². The lowest BCUT2D eigenvalue weighted by atomic mass is 10.3. The van der Waals surface area contributed by atoms with Crippen molar-refractivity contribution in [2.75, 3.05) is 0 Å². The van der Waals surface area contributed by atoms with Crippen LogP contribution < -0.4 is 0 Å². The molecular formula is C9H21O3Si2. The predicted octanol–water partition coefficient (Wildman–Crippen LogP) is 2.41. The first-order chi connectivity index (χ1) is 6.20. The van der Waals surface area contributed by atoms with Crippen molar-refractivity contribution in [3.8, 4) is 0 Å². The predicted molar refractivity (Wildman–Crippen MR) is 62.1 cm³/mol. The average Bonchev–Trinajstić information content (AvgIpc) is 1.77. The van der Waals surface area contributed by atoms with Crippen molar-refractivity contribution >= 4 is 23.3 Å².